The Morgan fingerprint density at radius 3 is 2.73 bits per heavy atom. The predicted octanol–water partition coefficient (Wildman–Crippen LogP) is 0.641. The second kappa shape index (κ2) is 8.13. The lowest BCUT2D eigenvalue weighted by Crippen LogP contribution is -2.25. The van der Waals surface area contributed by atoms with Crippen molar-refractivity contribution in [1.29, 1.82) is 0 Å². The Morgan fingerprint density at radius 2 is 2.04 bits per heavy atom. The minimum absolute atomic E-state index is 0.0944. The number of carbonyl (C=O) groups excluding carboxylic acids is 1. The van der Waals surface area contributed by atoms with Crippen molar-refractivity contribution in [2.24, 2.45) is 0 Å². The highest BCUT2D eigenvalue weighted by Crippen LogP contribution is 2.22. The van der Waals surface area contributed by atoms with E-state index in [0.717, 1.165) is 10.6 Å². The summed E-state index contributed by atoms with van der Waals surface area (Å²) in [6.07, 6.45) is 0.564. The molecular weight excluding hydrogens is 356 g/mol. The fourth-order valence-electron chi connectivity index (χ4n) is 2.27. The number of hydrogen-bond acceptors (Lipinski definition) is 8. The van der Waals surface area contributed by atoms with Crippen LogP contribution in [0.2, 0.25) is 0 Å². The zero-order valence-corrected chi connectivity index (χ0v) is 14.8. The zero-order chi connectivity index (χ0) is 18.5. The van der Waals surface area contributed by atoms with Crippen LogP contribution in [0.15, 0.2) is 36.5 Å². The Morgan fingerprint density at radius 1 is 1.27 bits per heavy atom. The van der Waals surface area contributed by atoms with Crippen molar-refractivity contribution in [3.8, 4) is 10.6 Å². The number of aliphatic hydroxyl groups excluding tert-OH is 2. The van der Waals surface area contributed by atoms with Crippen LogP contribution in [0.1, 0.15) is 28.5 Å². The first-order chi connectivity index (χ1) is 12.6. The molecule has 3 aromatic rings. The maximum Gasteiger partial charge on any atom is 0.273 e. The number of hydrogen-bond donors (Lipinski definition) is 3. The maximum atomic E-state index is 12.2. The van der Waals surface area contributed by atoms with Gasteiger partial charge in [-0.2, -0.15) is 0 Å². The van der Waals surface area contributed by atoms with Crippen molar-refractivity contribution in [2.75, 3.05) is 6.61 Å². The van der Waals surface area contributed by atoms with Crippen molar-refractivity contribution in [3.63, 3.8) is 0 Å². The summed E-state index contributed by atoms with van der Waals surface area (Å²) in [7, 11) is 0. The first kappa shape index (κ1) is 18.1. The minimum Gasteiger partial charge on any atom is -0.394 e. The van der Waals surface area contributed by atoms with E-state index in [1.165, 1.54) is 29.1 Å². The normalized spacial score (nSPS) is 13.3. The average molecular weight is 374 g/mol. The summed E-state index contributed by atoms with van der Waals surface area (Å²) >= 11 is 1.40. The molecule has 0 radical (unpaired) electrons. The quantitative estimate of drug-likeness (QED) is 0.554. The molecule has 10 heteroatoms. The van der Waals surface area contributed by atoms with Crippen molar-refractivity contribution in [3.05, 3.63) is 47.2 Å². The molecule has 0 fully saturated rings. The molecule has 2 heterocycles. The van der Waals surface area contributed by atoms with Gasteiger partial charge in [0.05, 0.1) is 25.5 Å². The van der Waals surface area contributed by atoms with Crippen molar-refractivity contribution >= 4 is 17.2 Å². The highest BCUT2D eigenvalue weighted by molar-refractivity contribution is 7.14. The molecule has 1 aromatic carbocycles. The summed E-state index contributed by atoms with van der Waals surface area (Å²) < 4.78 is 1.28. The molecule has 3 rings (SSSR count). The molecule has 0 spiro atoms. The van der Waals surface area contributed by atoms with E-state index < -0.39 is 18.1 Å². The molecule has 3 N–H and O–H groups in total. The first-order valence-electron chi connectivity index (χ1n) is 7.95. The average Bonchev–Trinajstić information content (AvgIpc) is 3.31. The molecule has 1 amide bonds. The standard InChI is InChI=1S/C16H18N6O3S/c1-10(24)13(9-23)22-8-12(18-21-22)15(25)17-7-14-19-20-16(26-14)11-5-3-2-4-6-11/h2-6,8,10,13,23-24H,7,9H2,1H3,(H,17,25)/t10-,13-/m0/s1. The fraction of sp³-hybridized carbons (Fsp3) is 0.312. The van der Waals surface area contributed by atoms with Gasteiger partial charge in [0.15, 0.2) is 5.69 Å². The van der Waals surface area contributed by atoms with Crippen LogP contribution in [0.3, 0.4) is 0 Å². The van der Waals surface area contributed by atoms with Crippen LogP contribution >= 0.6 is 11.3 Å². The number of amides is 1. The van der Waals surface area contributed by atoms with Gasteiger partial charge in [0, 0.05) is 5.56 Å². The van der Waals surface area contributed by atoms with Crippen LogP contribution in [0.25, 0.3) is 10.6 Å². The van der Waals surface area contributed by atoms with Gasteiger partial charge < -0.3 is 15.5 Å². The number of carbonyl (C=O) groups is 1. The first-order valence-corrected chi connectivity index (χ1v) is 8.77. The van der Waals surface area contributed by atoms with E-state index in [-0.39, 0.29) is 18.8 Å². The predicted molar refractivity (Wildman–Crippen MR) is 94.3 cm³/mol. The van der Waals surface area contributed by atoms with Crippen molar-refractivity contribution in [2.45, 2.75) is 25.6 Å². The number of benzene rings is 1. The molecule has 26 heavy (non-hydrogen) atoms. The lowest BCUT2D eigenvalue weighted by atomic mass is 10.2. The van der Waals surface area contributed by atoms with Gasteiger partial charge in [-0.3, -0.25) is 4.79 Å². The molecule has 0 aliphatic rings. The van der Waals surface area contributed by atoms with Crippen LogP contribution in [-0.2, 0) is 6.54 Å². The number of aliphatic hydroxyl groups is 2. The molecule has 0 aliphatic heterocycles. The Labute approximate surface area is 153 Å². The van der Waals surface area contributed by atoms with Gasteiger partial charge in [-0.15, -0.1) is 15.3 Å². The van der Waals surface area contributed by atoms with E-state index in [1.807, 2.05) is 30.3 Å². The summed E-state index contributed by atoms with van der Waals surface area (Å²) in [4.78, 5) is 12.2. The minimum atomic E-state index is -0.824. The van der Waals surface area contributed by atoms with E-state index in [0.29, 0.717) is 5.01 Å². The molecule has 2 atom stereocenters. The van der Waals surface area contributed by atoms with Gasteiger partial charge >= 0.3 is 0 Å². The lowest BCUT2D eigenvalue weighted by molar-refractivity contribution is 0.0787. The Kier molecular flexibility index (Phi) is 5.66. The highest BCUT2D eigenvalue weighted by atomic mass is 32.1. The molecular formula is C16H18N6O3S. The fourth-order valence-corrected chi connectivity index (χ4v) is 3.05. The van der Waals surface area contributed by atoms with Gasteiger partial charge in [0.1, 0.15) is 16.1 Å². The van der Waals surface area contributed by atoms with Crippen LogP contribution in [0, 0.1) is 0 Å². The second-order valence-electron chi connectivity index (χ2n) is 5.62. The smallest absolute Gasteiger partial charge is 0.273 e. The highest BCUT2D eigenvalue weighted by Gasteiger charge is 2.20. The van der Waals surface area contributed by atoms with Gasteiger partial charge in [-0.25, -0.2) is 4.68 Å². The van der Waals surface area contributed by atoms with Crippen LogP contribution < -0.4 is 5.32 Å². The zero-order valence-electron chi connectivity index (χ0n) is 14.0. The third-order valence-electron chi connectivity index (χ3n) is 3.71. The molecule has 0 saturated carbocycles. The summed E-state index contributed by atoms with van der Waals surface area (Å²) in [5.41, 5.74) is 1.07. The van der Waals surface area contributed by atoms with E-state index in [2.05, 4.69) is 25.8 Å². The number of rotatable bonds is 7. The number of aromatic nitrogens is 5. The second-order valence-corrected chi connectivity index (χ2v) is 6.69. The maximum absolute atomic E-state index is 12.2. The van der Waals surface area contributed by atoms with Crippen molar-refractivity contribution in [1.82, 2.24) is 30.5 Å². The lowest BCUT2D eigenvalue weighted by Gasteiger charge is -2.16. The Hall–Kier alpha value is -2.69. The summed E-state index contributed by atoms with van der Waals surface area (Å²) in [5.74, 6) is -0.421. The van der Waals surface area contributed by atoms with Gasteiger partial charge in [0.25, 0.3) is 5.91 Å². The Balaban J connectivity index is 1.61. The monoisotopic (exact) mass is 374 g/mol. The summed E-state index contributed by atoms with van der Waals surface area (Å²) in [6.45, 7) is 1.44. The van der Waals surface area contributed by atoms with Crippen LogP contribution in [0.4, 0.5) is 0 Å². The molecule has 0 unspecified atom stereocenters. The topological polar surface area (TPSA) is 126 Å². The third-order valence-corrected chi connectivity index (χ3v) is 4.69. The summed E-state index contributed by atoms with van der Waals surface area (Å²) in [5, 5.41) is 38.8. The molecule has 0 saturated heterocycles. The van der Waals surface area contributed by atoms with E-state index in [9.17, 15) is 15.0 Å². The number of nitrogens with zero attached hydrogens (tertiary/aromatic N) is 5. The SMILES string of the molecule is C[C@H](O)[C@H](CO)n1cc(C(=O)NCc2nnc(-c3ccccc3)s2)nn1. The molecule has 2 aromatic heterocycles. The Bertz CT molecular complexity index is 864. The molecule has 136 valence electrons. The number of nitrogens with one attached hydrogen (secondary N) is 1. The van der Waals surface area contributed by atoms with E-state index >= 15 is 0 Å². The van der Waals surface area contributed by atoms with Crippen LogP contribution in [-0.4, -0.2) is 54.0 Å². The van der Waals surface area contributed by atoms with E-state index in [4.69, 9.17) is 0 Å². The molecule has 0 aliphatic carbocycles. The van der Waals surface area contributed by atoms with E-state index in [1.54, 1.807) is 0 Å². The van der Waals surface area contributed by atoms with Gasteiger partial charge in [0.2, 0.25) is 0 Å². The molecule has 9 nitrogen and oxygen atoms in total. The largest absolute Gasteiger partial charge is 0.394 e. The van der Waals surface area contributed by atoms with Crippen LogP contribution in [0.5, 0.6) is 0 Å². The summed E-state index contributed by atoms with van der Waals surface area (Å²) in [6, 6.07) is 9.02. The van der Waals surface area contributed by atoms with Crippen molar-refractivity contribution < 1.29 is 15.0 Å². The third kappa shape index (κ3) is 4.10. The van der Waals surface area contributed by atoms with Gasteiger partial charge in [-0.05, 0) is 6.92 Å². The molecule has 0 bridgehead atoms. The van der Waals surface area contributed by atoms with Gasteiger partial charge in [-0.1, -0.05) is 46.9 Å².